The molecule has 1 aliphatic heterocycles. The monoisotopic (exact) mass is 456 g/mol. The third-order valence-electron chi connectivity index (χ3n) is 4.71. The number of amidine groups is 1. The Kier molecular flexibility index (Phi) is 6.44. The number of hydrogen-bond acceptors (Lipinski definition) is 5. The number of H-pyrrole nitrogens is 1. The van der Waals surface area contributed by atoms with Gasteiger partial charge in [0.15, 0.2) is 11.6 Å². The number of hydrogen-bond donors (Lipinski definition) is 4. The molecule has 0 unspecified atom stereocenters. The summed E-state index contributed by atoms with van der Waals surface area (Å²) in [6.45, 7) is 2.34. The van der Waals surface area contributed by atoms with Gasteiger partial charge in [0.2, 0.25) is 5.91 Å². The van der Waals surface area contributed by atoms with Crippen molar-refractivity contribution in [2.75, 3.05) is 13.1 Å². The van der Waals surface area contributed by atoms with Crippen LogP contribution in [0.5, 0.6) is 0 Å². The maximum atomic E-state index is 12.5. The van der Waals surface area contributed by atoms with E-state index in [-0.39, 0.29) is 24.0 Å². The number of aliphatic hydroxyl groups excluding tert-OH is 1. The van der Waals surface area contributed by atoms with Crippen molar-refractivity contribution in [1.82, 2.24) is 20.2 Å². The molecular weight excluding hydrogens is 437 g/mol. The second-order valence-electron chi connectivity index (χ2n) is 6.85. The standard InChI is InChI=1S/C19H20ClF3N6O2/c1-2-14(30)17(29-5-3-4-13(29)18(31)27-9-19(21,22)23)28-15(24)12-8-26-16-11(12)6-10(20)7-25-16/h2,6-8,13,30H,1,3-5,9H2,(H2,24,28)(H,25,26)(H,27,31)/b17-14-/t13-/m1/s1. The number of allylic oxidation sites excluding steroid dienone is 1. The summed E-state index contributed by atoms with van der Waals surface area (Å²) in [5, 5.41) is 13.2. The van der Waals surface area contributed by atoms with Gasteiger partial charge >= 0.3 is 6.18 Å². The minimum atomic E-state index is -4.53. The summed E-state index contributed by atoms with van der Waals surface area (Å²) in [6, 6.07) is 0.688. The van der Waals surface area contributed by atoms with E-state index in [0.29, 0.717) is 34.5 Å². The van der Waals surface area contributed by atoms with Crippen molar-refractivity contribution in [1.29, 1.82) is 0 Å². The van der Waals surface area contributed by atoms with Gasteiger partial charge in [-0.05, 0) is 25.0 Å². The molecule has 1 aliphatic rings. The number of aliphatic hydroxyl groups is 1. The van der Waals surface area contributed by atoms with Crippen LogP contribution in [0.4, 0.5) is 13.2 Å². The molecule has 2 aromatic rings. The highest BCUT2D eigenvalue weighted by Gasteiger charge is 2.36. The van der Waals surface area contributed by atoms with Crippen LogP contribution in [0.1, 0.15) is 18.4 Å². The Hall–Kier alpha value is -3.21. The van der Waals surface area contributed by atoms with Gasteiger partial charge in [-0.1, -0.05) is 18.2 Å². The van der Waals surface area contributed by atoms with Crippen molar-refractivity contribution in [2.24, 2.45) is 10.7 Å². The van der Waals surface area contributed by atoms with Crippen molar-refractivity contribution in [3.8, 4) is 0 Å². The first-order valence-corrected chi connectivity index (χ1v) is 9.62. The molecule has 3 rings (SSSR count). The van der Waals surface area contributed by atoms with Crippen LogP contribution in [0.3, 0.4) is 0 Å². The molecule has 8 nitrogen and oxygen atoms in total. The first-order valence-electron chi connectivity index (χ1n) is 9.24. The van der Waals surface area contributed by atoms with Gasteiger partial charge in [0, 0.05) is 29.9 Å². The van der Waals surface area contributed by atoms with Crippen LogP contribution in [0.2, 0.25) is 5.02 Å². The minimum absolute atomic E-state index is 0.0138. The summed E-state index contributed by atoms with van der Waals surface area (Å²) in [7, 11) is 0. The number of halogens is 4. The topological polar surface area (TPSA) is 120 Å². The molecule has 3 heterocycles. The largest absolute Gasteiger partial charge is 0.504 e. The van der Waals surface area contributed by atoms with Crippen LogP contribution in [0.25, 0.3) is 11.0 Å². The number of carbonyl (C=O) groups is 1. The van der Waals surface area contributed by atoms with E-state index in [1.54, 1.807) is 12.3 Å². The molecule has 2 aromatic heterocycles. The van der Waals surface area contributed by atoms with Crippen molar-refractivity contribution < 1.29 is 23.1 Å². The van der Waals surface area contributed by atoms with E-state index in [2.05, 4.69) is 21.5 Å². The lowest BCUT2D eigenvalue weighted by atomic mass is 10.2. The van der Waals surface area contributed by atoms with Crippen LogP contribution < -0.4 is 11.1 Å². The van der Waals surface area contributed by atoms with Gasteiger partial charge < -0.3 is 26.0 Å². The number of nitrogens with one attached hydrogen (secondary N) is 2. The lowest BCUT2D eigenvalue weighted by Gasteiger charge is -2.26. The van der Waals surface area contributed by atoms with Crippen molar-refractivity contribution in [3.05, 3.63) is 53.3 Å². The molecule has 1 saturated heterocycles. The molecule has 0 aromatic carbocycles. The summed E-state index contributed by atoms with van der Waals surface area (Å²) in [4.78, 5) is 25.1. The molecule has 0 saturated carbocycles. The quantitative estimate of drug-likeness (QED) is 0.230. The fourth-order valence-electron chi connectivity index (χ4n) is 3.32. The molecule has 1 amide bonds. The molecule has 5 N–H and O–H groups in total. The van der Waals surface area contributed by atoms with E-state index >= 15 is 0 Å². The first-order chi connectivity index (χ1) is 14.6. The van der Waals surface area contributed by atoms with E-state index in [1.165, 1.54) is 11.1 Å². The van der Waals surface area contributed by atoms with E-state index < -0.39 is 24.7 Å². The molecule has 0 bridgehead atoms. The number of aliphatic imine (C=N–C) groups is 1. The maximum Gasteiger partial charge on any atom is 0.405 e. The number of aromatic amines is 1. The predicted octanol–water partition coefficient (Wildman–Crippen LogP) is 2.98. The number of nitrogens with zero attached hydrogens (tertiary/aromatic N) is 3. The zero-order valence-electron chi connectivity index (χ0n) is 16.2. The highest BCUT2D eigenvalue weighted by molar-refractivity contribution is 6.31. The molecule has 31 heavy (non-hydrogen) atoms. The fraction of sp³-hybridized carbons (Fsp3) is 0.316. The summed E-state index contributed by atoms with van der Waals surface area (Å²) >= 11 is 6.00. The number of rotatable bonds is 6. The smallest absolute Gasteiger partial charge is 0.405 e. The summed E-state index contributed by atoms with van der Waals surface area (Å²) in [6.07, 6.45) is 0.407. The van der Waals surface area contributed by atoms with Crippen LogP contribution in [-0.2, 0) is 4.79 Å². The SMILES string of the molecule is C=C/C(O)=C(\N=C(/N)c1c[nH]c2ncc(Cl)cc12)N1CCC[C@@H]1C(=O)NCC(F)(F)F. The molecule has 0 aliphatic carbocycles. The van der Waals surface area contributed by atoms with Gasteiger partial charge in [-0.25, -0.2) is 9.98 Å². The lowest BCUT2D eigenvalue weighted by molar-refractivity contribution is -0.140. The van der Waals surface area contributed by atoms with E-state index in [0.717, 1.165) is 6.08 Å². The van der Waals surface area contributed by atoms with E-state index in [9.17, 15) is 23.1 Å². The average Bonchev–Trinajstić information content (AvgIpc) is 3.35. The van der Waals surface area contributed by atoms with E-state index in [1.807, 2.05) is 5.32 Å². The maximum absolute atomic E-state index is 12.5. The van der Waals surface area contributed by atoms with Gasteiger partial charge in [-0.2, -0.15) is 13.2 Å². The molecule has 12 heteroatoms. The normalized spacial score (nSPS) is 18.3. The van der Waals surface area contributed by atoms with Gasteiger partial charge in [0.05, 0.1) is 5.02 Å². The highest BCUT2D eigenvalue weighted by Crippen LogP contribution is 2.27. The second-order valence-corrected chi connectivity index (χ2v) is 7.28. The van der Waals surface area contributed by atoms with Gasteiger partial charge in [-0.3, -0.25) is 4.79 Å². The van der Waals surface area contributed by atoms with Crippen LogP contribution in [-0.4, -0.2) is 57.0 Å². The Labute approximate surface area is 180 Å². The molecule has 0 radical (unpaired) electrons. The average molecular weight is 457 g/mol. The lowest BCUT2D eigenvalue weighted by Crippen LogP contribution is -2.45. The zero-order chi connectivity index (χ0) is 22.8. The van der Waals surface area contributed by atoms with E-state index in [4.69, 9.17) is 17.3 Å². The van der Waals surface area contributed by atoms with Crippen LogP contribution in [0.15, 0.2) is 47.7 Å². The predicted molar refractivity (Wildman–Crippen MR) is 110 cm³/mol. The Balaban J connectivity index is 1.94. The number of pyridine rings is 1. The van der Waals surface area contributed by atoms with Crippen LogP contribution in [0, 0.1) is 0 Å². The van der Waals surface area contributed by atoms with Gasteiger partial charge in [0.1, 0.15) is 24.1 Å². The Morgan fingerprint density at radius 2 is 2.29 bits per heavy atom. The number of fused-ring (bicyclic) bond motifs is 1. The Bertz CT molecular complexity index is 1060. The molecule has 166 valence electrons. The van der Waals surface area contributed by atoms with Gasteiger partial charge in [0.25, 0.3) is 0 Å². The second kappa shape index (κ2) is 8.88. The number of alkyl halides is 3. The van der Waals surface area contributed by atoms with Crippen molar-refractivity contribution in [2.45, 2.75) is 25.1 Å². The minimum Gasteiger partial charge on any atom is -0.504 e. The fourth-order valence-corrected chi connectivity index (χ4v) is 3.48. The number of carbonyl (C=O) groups excluding carboxylic acids is 1. The van der Waals surface area contributed by atoms with Crippen molar-refractivity contribution in [3.63, 3.8) is 0 Å². The molecule has 0 spiro atoms. The number of amides is 1. The zero-order valence-corrected chi connectivity index (χ0v) is 17.0. The Morgan fingerprint density at radius 3 is 2.97 bits per heavy atom. The van der Waals surface area contributed by atoms with Crippen molar-refractivity contribution >= 4 is 34.4 Å². The summed E-state index contributed by atoms with van der Waals surface area (Å²) in [5.74, 6) is -1.27. The number of aromatic nitrogens is 2. The molecule has 1 fully saturated rings. The summed E-state index contributed by atoms with van der Waals surface area (Å²) in [5.41, 5.74) is 7.13. The number of nitrogens with two attached hydrogens (primary N) is 1. The van der Waals surface area contributed by atoms with Gasteiger partial charge in [-0.15, -0.1) is 0 Å². The first kappa shape index (κ1) is 22.5. The highest BCUT2D eigenvalue weighted by atomic mass is 35.5. The third-order valence-corrected chi connectivity index (χ3v) is 4.92. The third kappa shape index (κ3) is 5.10. The summed E-state index contributed by atoms with van der Waals surface area (Å²) < 4.78 is 37.4. The molecular formula is C19H20ClF3N6O2. The molecule has 1 atom stereocenters. The van der Waals surface area contributed by atoms with Crippen LogP contribution >= 0.6 is 11.6 Å². The number of likely N-dealkylation sites (tertiary alicyclic amines) is 1. The Morgan fingerprint density at radius 1 is 1.55 bits per heavy atom.